The number of carbonyl (C=O) groups is 1. The van der Waals surface area contributed by atoms with Gasteiger partial charge in [0.1, 0.15) is 0 Å². The van der Waals surface area contributed by atoms with Gasteiger partial charge in [0.15, 0.2) is 0 Å². The third-order valence-corrected chi connectivity index (χ3v) is 6.03. The van der Waals surface area contributed by atoms with Crippen molar-refractivity contribution in [2.75, 3.05) is 26.7 Å². The predicted octanol–water partition coefficient (Wildman–Crippen LogP) is 4.74. The van der Waals surface area contributed by atoms with Gasteiger partial charge < -0.3 is 9.80 Å². The third kappa shape index (κ3) is 5.47. The number of hydrogen-bond donors (Lipinski definition) is 0. The maximum Gasteiger partial charge on any atom is 0.269 e. The molecule has 0 saturated carbocycles. The molecule has 1 aliphatic rings. The summed E-state index contributed by atoms with van der Waals surface area (Å²) < 4.78 is 0. The fourth-order valence-electron chi connectivity index (χ4n) is 3.63. The summed E-state index contributed by atoms with van der Waals surface area (Å²) in [5.41, 5.74) is 1.56. The van der Waals surface area contributed by atoms with Crippen molar-refractivity contribution >= 4 is 34.8 Å². The molecule has 0 aromatic heterocycles. The lowest BCUT2D eigenvalue weighted by atomic mass is 10.0. The Morgan fingerprint density at radius 2 is 1.90 bits per heavy atom. The summed E-state index contributed by atoms with van der Waals surface area (Å²) in [6.45, 7) is 2.59. The molecule has 1 aliphatic heterocycles. The molecule has 1 atom stereocenters. The van der Waals surface area contributed by atoms with Gasteiger partial charge in [-0.1, -0.05) is 41.4 Å². The van der Waals surface area contributed by atoms with Crippen molar-refractivity contribution in [1.29, 1.82) is 0 Å². The SMILES string of the molecule is CN(C(=O)Cc1ccc(Cl)c(Cl)c1)[C@H](CN1CCCC1)c1cccc([N+](=O)[O-])c1. The van der Waals surface area contributed by atoms with E-state index in [4.69, 9.17) is 23.2 Å². The molecule has 6 nitrogen and oxygen atoms in total. The highest BCUT2D eigenvalue weighted by molar-refractivity contribution is 6.42. The number of hydrogen-bond acceptors (Lipinski definition) is 4. The highest BCUT2D eigenvalue weighted by Gasteiger charge is 2.27. The molecule has 0 bridgehead atoms. The van der Waals surface area contributed by atoms with E-state index in [-0.39, 0.29) is 24.1 Å². The van der Waals surface area contributed by atoms with Crippen molar-refractivity contribution in [3.05, 3.63) is 73.8 Å². The number of rotatable bonds is 7. The van der Waals surface area contributed by atoms with E-state index < -0.39 is 4.92 Å². The highest BCUT2D eigenvalue weighted by Crippen LogP contribution is 2.27. The lowest BCUT2D eigenvalue weighted by Crippen LogP contribution is -2.39. The van der Waals surface area contributed by atoms with Crippen LogP contribution in [-0.2, 0) is 11.2 Å². The molecule has 1 fully saturated rings. The second kappa shape index (κ2) is 9.57. The van der Waals surface area contributed by atoms with Gasteiger partial charge in [-0.05, 0) is 49.2 Å². The summed E-state index contributed by atoms with van der Waals surface area (Å²) in [4.78, 5) is 27.8. The van der Waals surface area contributed by atoms with Crippen LogP contribution in [0, 0.1) is 10.1 Å². The minimum absolute atomic E-state index is 0.0271. The average Bonchev–Trinajstić information content (AvgIpc) is 3.22. The number of benzene rings is 2. The monoisotopic (exact) mass is 435 g/mol. The molecule has 1 heterocycles. The zero-order valence-corrected chi connectivity index (χ0v) is 17.7. The summed E-state index contributed by atoms with van der Waals surface area (Å²) in [7, 11) is 1.75. The molecule has 3 rings (SSSR count). The Labute approximate surface area is 180 Å². The molecule has 0 unspecified atom stereocenters. The number of nitro benzene ring substituents is 1. The fourth-order valence-corrected chi connectivity index (χ4v) is 3.95. The van der Waals surface area contributed by atoms with Crippen molar-refractivity contribution in [1.82, 2.24) is 9.80 Å². The van der Waals surface area contributed by atoms with Gasteiger partial charge in [-0.15, -0.1) is 0 Å². The van der Waals surface area contributed by atoms with E-state index in [0.29, 0.717) is 16.6 Å². The maximum absolute atomic E-state index is 13.0. The van der Waals surface area contributed by atoms with Crippen molar-refractivity contribution in [3.8, 4) is 0 Å². The third-order valence-electron chi connectivity index (χ3n) is 5.30. The Morgan fingerprint density at radius 1 is 1.17 bits per heavy atom. The first-order valence-electron chi connectivity index (χ1n) is 9.51. The second-order valence-corrected chi connectivity index (χ2v) is 8.12. The van der Waals surface area contributed by atoms with Gasteiger partial charge in [0.05, 0.1) is 27.4 Å². The van der Waals surface area contributed by atoms with Crippen LogP contribution < -0.4 is 0 Å². The van der Waals surface area contributed by atoms with Crippen LogP contribution >= 0.6 is 23.2 Å². The number of non-ortho nitro benzene ring substituents is 1. The quantitative estimate of drug-likeness (QED) is 0.465. The largest absolute Gasteiger partial charge is 0.337 e. The van der Waals surface area contributed by atoms with Gasteiger partial charge >= 0.3 is 0 Å². The molecule has 2 aromatic rings. The first kappa shape index (κ1) is 21.6. The van der Waals surface area contributed by atoms with Crippen molar-refractivity contribution in [3.63, 3.8) is 0 Å². The first-order valence-corrected chi connectivity index (χ1v) is 10.3. The molecule has 2 aromatic carbocycles. The van der Waals surface area contributed by atoms with Gasteiger partial charge in [-0.3, -0.25) is 14.9 Å². The molecule has 1 amide bonds. The average molecular weight is 436 g/mol. The smallest absolute Gasteiger partial charge is 0.269 e. The predicted molar refractivity (Wildman–Crippen MR) is 114 cm³/mol. The van der Waals surface area contributed by atoms with Gasteiger partial charge in [0.2, 0.25) is 5.91 Å². The second-order valence-electron chi connectivity index (χ2n) is 7.31. The molecule has 154 valence electrons. The summed E-state index contributed by atoms with van der Waals surface area (Å²) in [6.07, 6.45) is 2.43. The van der Waals surface area contributed by atoms with Crippen molar-refractivity contribution in [2.24, 2.45) is 0 Å². The molecule has 0 radical (unpaired) electrons. The molecule has 0 spiro atoms. The normalized spacial score (nSPS) is 15.3. The Kier molecular flexibility index (Phi) is 7.11. The molecule has 1 saturated heterocycles. The van der Waals surface area contributed by atoms with Gasteiger partial charge in [-0.25, -0.2) is 0 Å². The maximum atomic E-state index is 13.0. The van der Waals surface area contributed by atoms with E-state index in [1.165, 1.54) is 6.07 Å². The number of likely N-dealkylation sites (tertiary alicyclic amines) is 1. The summed E-state index contributed by atoms with van der Waals surface area (Å²) in [5.74, 6) is -0.0842. The van der Waals surface area contributed by atoms with Crippen molar-refractivity contribution < 1.29 is 9.72 Å². The van der Waals surface area contributed by atoms with Gasteiger partial charge in [0, 0.05) is 25.7 Å². The number of amides is 1. The highest BCUT2D eigenvalue weighted by atomic mass is 35.5. The standard InChI is InChI=1S/C21H23Cl2N3O3/c1-24(21(27)12-15-7-8-18(22)19(23)11-15)20(14-25-9-2-3-10-25)16-5-4-6-17(13-16)26(28)29/h4-8,11,13,20H,2-3,9-10,12,14H2,1H3/t20-/m1/s1. The molecule has 29 heavy (non-hydrogen) atoms. The van der Waals surface area contributed by atoms with E-state index in [1.807, 2.05) is 6.07 Å². The molecular formula is C21H23Cl2N3O3. The van der Waals surface area contributed by atoms with E-state index >= 15 is 0 Å². The number of carbonyl (C=O) groups excluding carboxylic acids is 1. The van der Waals surface area contributed by atoms with Gasteiger partial charge in [-0.2, -0.15) is 0 Å². The van der Waals surface area contributed by atoms with Crippen LogP contribution in [0.3, 0.4) is 0 Å². The van der Waals surface area contributed by atoms with Crippen LogP contribution in [0.4, 0.5) is 5.69 Å². The molecule has 0 aliphatic carbocycles. The van der Waals surface area contributed by atoms with Crippen LogP contribution in [0.15, 0.2) is 42.5 Å². The number of nitro groups is 1. The van der Waals surface area contributed by atoms with Crippen molar-refractivity contribution in [2.45, 2.75) is 25.3 Å². The van der Waals surface area contributed by atoms with Crippen LogP contribution in [-0.4, -0.2) is 47.3 Å². The topological polar surface area (TPSA) is 66.7 Å². The Morgan fingerprint density at radius 3 is 2.55 bits per heavy atom. The van der Waals surface area contributed by atoms with Crippen LogP contribution in [0.2, 0.25) is 10.0 Å². The Balaban J connectivity index is 1.83. The van der Waals surface area contributed by atoms with Crippen LogP contribution in [0.1, 0.15) is 30.0 Å². The fraction of sp³-hybridized carbons (Fsp3) is 0.381. The lowest BCUT2D eigenvalue weighted by molar-refractivity contribution is -0.385. The van der Waals surface area contributed by atoms with Crippen LogP contribution in [0.5, 0.6) is 0 Å². The Hall–Kier alpha value is -2.15. The molecule has 0 N–H and O–H groups in total. The molecular weight excluding hydrogens is 413 g/mol. The zero-order valence-electron chi connectivity index (χ0n) is 16.2. The zero-order chi connectivity index (χ0) is 21.0. The number of halogens is 2. The minimum atomic E-state index is -0.409. The van der Waals surface area contributed by atoms with E-state index in [9.17, 15) is 14.9 Å². The van der Waals surface area contributed by atoms with Gasteiger partial charge in [0.25, 0.3) is 5.69 Å². The minimum Gasteiger partial charge on any atom is -0.337 e. The number of likely N-dealkylation sites (N-methyl/N-ethyl adjacent to an activating group) is 1. The molecule has 8 heteroatoms. The van der Waals surface area contributed by atoms with Crippen LogP contribution in [0.25, 0.3) is 0 Å². The summed E-state index contributed by atoms with van der Waals surface area (Å²) in [6, 6.07) is 11.4. The number of nitrogens with zero attached hydrogens (tertiary/aromatic N) is 3. The van der Waals surface area contributed by atoms with E-state index in [2.05, 4.69) is 4.90 Å². The Bertz CT molecular complexity index is 900. The van der Waals surface area contributed by atoms with E-state index in [1.54, 1.807) is 42.3 Å². The summed E-state index contributed by atoms with van der Waals surface area (Å²) in [5, 5.41) is 12.1. The lowest BCUT2D eigenvalue weighted by Gasteiger charge is -2.32. The first-order chi connectivity index (χ1) is 13.8. The van der Waals surface area contributed by atoms with E-state index in [0.717, 1.165) is 37.1 Å². The summed E-state index contributed by atoms with van der Waals surface area (Å²) >= 11 is 12.0.